The first-order valence-corrected chi connectivity index (χ1v) is 7.69. The average Bonchev–Trinajstić information content (AvgIpc) is 2.52. The third kappa shape index (κ3) is 4.30. The van der Waals surface area contributed by atoms with Gasteiger partial charge in [-0.05, 0) is 24.3 Å². The molecule has 1 saturated heterocycles. The standard InChI is InChI=1S/C17H27NO2/c1-14(15-7-4-3-5-8-15)17-16(9-6-11-20-17)13-18-10-12-19-2/h3-5,7-8,14,16-18H,6,9-13H2,1-2H3. The Morgan fingerprint density at radius 1 is 1.35 bits per heavy atom. The van der Waals surface area contributed by atoms with Crippen molar-refractivity contribution in [2.24, 2.45) is 5.92 Å². The molecule has 0 saturated carbocycles. The summed E-state index contributed by atoms with van der Waals surface area (Å²) in [5, 5.41) is 3.49. The van der Waals surface area contributed by atoms with Crippen LogP contribution in [-0.4, -0.2) is 39.5 Å². The SMILES string of the molecule is COCCNCC1CCCOC1C(C)c1ccccc1. The quantitative estimate of drug-likeness (QED) is 0.777. The van der Waals surface area contributed by atoms with Crippen LogP contribution in [0.1, 0.15) is 31.2 Å². The third-order valence-electron chi connectivity index (χ3n) is 4.20. The predicted molar refractivity (Wildman–Crippen MR) is 82.1 cm³/mol. The Morgan fingerprint density at radius 3 is 2.90 bits per heavy atom. The Bertz CT molecular complexity index is 369. The summed E-state index contributed by atoms with van der Waals surface area (Å²) in [6.07, 6.45) is 2.75. The Hall–Kier alpha value is -0.900. The zero-order valence-corrected chi connectivity index (χ0v) is 12.7. The van der Waals surface area contributed by atoms with Crippen molar-refractivity contribution in [2.75, 3.05) is 33.4 Å². The molecule has 0 bridgehead atoms. The maximum absolute atomic E-state index is 6.09. The van der Waals surface area contributed by atoms with Gasteiger partial charge in [-0.3, -0.25) is 0 Å². The van der Waals surface area contributed by atoms with Crippen molar-refractivity contribution < 1.29 is 9.47 Å². The van der Waals surface area contributed by atoms with Crippen LogP contribution in [0.4, 0.5) is 0 Å². The number of hydrogen-bond acceptors (Lipinski definition) is 3. The summed E-state index contributed by atoms with van der Waals surface area (Å²) in [6.45, 7) is 5.89. The van der Waals surface area contributed by atoms with Crippen LogP contribution < -0.4 is 5.32 Å². The number of benzene rings is 1. The molecule has 0 aromatic heterocycles. The van der Waals surface area contributed by atoms with Crippen LogP contribution >= 0.6 is 0 Å². The number of nitrogens with one attached hydrogen (secondary N) is 1. The largest absolute Gasteiger partial charge is 0.383 e. The van der Waals surface area contributed by atoms with Crippen LogP contribution in [-0.2, 0) is 9.47 Å². The molecule has 20 heavy (non-hydrogen) atoms. The van der Waals surface area contributed by atoms with E-state index in [-0.39, 0.29) is 0 Å². The van der Waals surface area contributed by atoms with Gasteiger partial charge in [0.15, 0.2) is 0 Å². The van der Waals surface area contributed by atoms with E-state index in [1.807, 2.05) is 0 Å². The molecule has 1 fully saturated rings. The topological polar surface area (TPSA) is 30.5 Å². The Kier molecular flexibility index (Phi) is 6.51. The highest BCUT2D eigenvalue weighted by Crippen LogP contribution is 2.31. The molecule has 112 valence electrons. The van der Waals surface area contributed by atoms with E-state index >= 15 is 0 Å². The highest BCUT2D eigenvalue weighted by Gasteiger charge is 2.30. The minimum Gasteiger partial charge on any atom is -0.383 e. The lowest BCUT2D eigenvalue weighted by Crippen LogP contribution is -2.40. The average molecular weight is 277 g/mol. The van der Waals surface area contributed by atoms with Crippen LogP contribution in [0.2, 0.25) is 0 Å². The van der Waals surface area contributed by atoms with Gasteiger partial charge in [-0.2, -0.15) is 0 Å². The van der Waals surface area contributed by atoms with Gasteiger partial charge >= 0.3 is 0 Å². The summed E-state index contributed by atoms with van der Waals surface area (Å²) in [5.74, 6) is 1.04. The van der Waals surface area contributed by atoms with E-state index in [0.29, 0.717) is 17.9 Å². The number of rotatable bonds is 7. The minimum absolute atomic E-state index is 0.321. The second kappa shape index (κ2) is 8.40. The fourth-order valence-electron chi connectivity index (χ4n) is 3.04. The van der Waals surface area contributed by atoms with E-state index < -0.39 is 0 Å². The molecule has 1 aromatic carbocycles. The zero-order valence-electron chi connectivity index (χ0n) is 12.7. The summed E-state index contributed by atoms with van der Waals surface area (Å²) in [7, 11) is 1.74. The summed E-state index contributed by atoms with van der Waals surface area (Å²) < 4.78 is 11.2. The Morgan fingerprint density at radius 2 is 2.15 bits per heavy atom. The van der Waals surface area contributed by atoms with Crippen LogP contribution in [0.25, 0.3) is 0 Å². The molecule has 0 radical (unpaired) electrons. The molecule has 3 unspecified atom stereocenters. The van der Waals surface area contributed by atoms with Crippen molar-refractivity contribution in [2.45, 2.75) is 31.8 Å². The van der Waals surface area contributed by atoms with Gasteiger partial charge in [0.1, 0.15) is 0 Å². The molecule has 2 rings (SSSR count). The number of ether oxygens (including phenoxy) is 2. The first-order valence-electron chi connectivity index (χ1n) is 7.69. The van der Waals surface area contributed by atoms with Gasteiger partial charge in [-0.25, -0.2) is 0 Å². The number of hydrogen-bond donors (Lipinski definition) is 1. The molecule has 3 nitrogen and oxygen atoms in total. The molecule has 0 amide bonds. The normalized spacial score (nSPS) is 24.5. The van der Waals surface area contributed by atoms with Crippen molar-refractivity contribution >= 4 is 0 Å². The fraction of sp³-hybridized carbons (Fsp3) is 0.647. The first kappa shape index (κ1) is 15.5. The lowest BCUT2D eigenvalue weighted by molar-refractivity contribution is -0.0386. The van der Waals surface area contributed by atoms with Crippen LogP contribution in [0.3, 0.4) is 0 Å². The second-order valence-electron chi connectivity index (χ2n) is 5.63. The van der Waals surface area contributed by atoms with Crippen molar-refractivity contribution in [3.8, 4) is 0 Å². The van der Waals surface area contributed by atoms with E-state index in [1.165, 1.54) is 18.4 Å². The van der Waals surface area contributed by atoms with E-state index in [2.05, 4.69) is 42.6 Å². The van der Waals surface area contributed by atoms with E-state index in [4.69, 9.17) is 9.47 Å². The summed E-state index contributed by atoms with van der Waals surface area (Å²) in [4.78, 5) is 0. The molecule has 1 aliphatic heterocycles. The first-order chi connectivity index (χ1) is 9.83. The molecule has 1 heterocycles. The second-order valence-corrected chi connectivity index (χ2v) is 5.63. The Balaban J connectivity index is 1.92. The van der Waals surface area contributed by atoms with Gasteiger partial charge in [-0.1, -0.05) is 37.3 Å². The molecular formula is C17H27NO2. The molecular weight excluding hydrogens is 250 g/mol. The lowest BCUT2D eigenvalue weighted by atomic mass is 9.83. The maximum Gasteiger partial charge on any atom is 0.0681 e. The summed E-state index contributed by atoms with van der Waals surface area (Å²) in [6, 6.07) is 10.7. The van der Waals surface area contributed by atoms with Crippen molar-refractivity contribution in [1.29, 1.82) is 0 Å². The smallest absolute Gasteiger partial charge is 0.0681 e. The monoisotopic (exact) mass is 277 g/mol. The van der Waals surface area contributed by atoms with Gasteiger partial charge in [0, 0.05) is 32.7 Å². The van der Waals surface area contributed by atoms with E-state index in [9.17, 15) is 0 Å². The molecule has 1 aliphatic rings. The molecule has 1 N–H and O–H groups in total. The van der Waals surface area contributed by atoms with Crippen LogP contribution in [0.5, 0.6) is 0 Å². The minimum atomic E-state index is 0.321. The highest BCUT2D eigenvalue weighted by atomic mass is 16.5. The van der Waals surface area contributed by atoms with Crippen LogP contribution in [0, 0.1) is 5.92 Å². The van der Waals surface area contributed by atoms with Crippen molar-refractivity contribution in [1.82, 2.24) is 5.32 Å². The molecule has 0 aliphatic carbocycles. The predicted octanol–water partition coefficient (Wildman–Crippen LogP) is 2.82. The van der Waals surface area contributed by atoms with Gasteiger partial charge < -0.3 is 14.8 Å². The van der Waals surface area contributed by atoms with Crippen LogP contribution in [0.15, 0.2) is 30.3 Å². The van der Waals surface area contributed by atoms with Crippen molar-refractivity contribution in [3.05, 3.63) is 35.9 Å². The number of methoxy groups -OCH3 is 1. The van der Waals surface area contributed by atoms with E-state index in [1.54, 1.807) is 7.11 Å². The lowest BCUT2D eigenvalue weighted by Gasteiger charge is -2.36. The van der Waals surface area contributed by atoms with Crippen molar-refractivity contribution in [3.63, 3.8) is 0 Å². The van der Waals surface area contributed by atoms with Gasteiger partial charge in [0.2, 0.25) is 0 Å². The Labute approximate surface area is 122 Å². The maximum atomic E-state index is 6.09. The molecule has 3 heteroatoms. The molecule has 0 spiro atoms. The summed E-state index contributed by atoms with van der Waals surface area (Å²) >= 11 is 0. The fourth-order valence-corrected chi connectivity index (χ4v) is 3.04. The third-order valence-corrected chi connectivity index (χ3v) is 4.20. The van der Waals surface area contributed by atoms with Gasteiger partial charge in [0.25, 0.3) is 0 Å². The molecule has 3 atom stereocenters. The summed E-state index contributed by atoms with van der Waals surface area (Å²) in [5.41, 5.74) is 1.38. The van der Waals surface area contributed by atoms with Gasteiger partial charge in [0.05, 0.1) is 12.7 Å². The zero-order chi connectivity index (χ0) is 14.2. The highest BCUT2D eigenvalue weighted by molar-refractivity contribution is 5.20. The molecule has 1 aromatic rings. The van der Waals surface area contributed by atoms with Gasteiger partial charge in [-0.15, -0.1) is 0 Å². The van der Waals surface area contributed by atoms with E-state index in [0.717, 1.165) is 26.3 Å².